The molecule has 138 valence electrons. The number of tetrazole rings is 1. The van der Waals surface area contributed by atoms with Gasteiger partial charge in [0.05, 0.1) is 17.6 Å². The number of piperidine rings is 1. The zero-order valence-corrected chi connectivity index (χ0v) is 15.3. The fourth-order valence-corrected chi connectivity index (χ4v) is 4.66. The number of hydrogen-bond acceptors (Lipinski definition) is 5. The van der Waals surface area contributed by atoms with E-state index in [1.165, 1.54) is 0 Å². The first-order valence-corrected chi connectivity index (χ1v) is 8.88. The van der Waals surface area contributed by atoms with Crippen LogP contribution in [0.25, 0.3) is 0 Å². The number of nitrogens with zero attached hydrogens (tertiary/aromatic N) is 5. The molecule has 3 atom stereocenters. The first kappa shape index (κ1) is 17.0. The van der Waals surface area contributed by atoms with E-state index >= 15 is 0 Å². The van der Waals surface area contributed by atoms with Crippen molar-refractivity contribution in [2.45, 2.75) is 44.8 Å². The summed E-state index contributed by atoms with van der Waals surface area (Å²) in [4.78, 5) is 15.9. The monoisotopic (exact) mass is 356 g/mol. The average Bonchev–Trinajstić information content (AvgIpc) is 3.08. The molecule has 26 heavy (non-hydrogen) atoms. The van der Waals surface area contributed by atoms with Gasteiger partial charge in [0.25, 0.3) is 0 Å². The van der Waals surface area contributed by atoms with Crippen molar-refractivity contribution in [1.82, 2.24) is 30.4 Å². The SMILES string of the molecule is CC(C)(C)C12CC(CN(C(c3ccccc3)c3nn[nH]n3)C1)N2C(=O)O. The van der Waals surface area contributed by atoms with Crippen molar-refractivity contribution in [3.05, 3.63) is 41.7 Å². The first-order valence-electron chi connectivity index (χ1n) is 8.88. The van der Waals surface area contributed by atoms with Gasteiger partial charge in [-0.15, -0.1) is 10.2 Å². The Bertz CT molecular complexity index is 788. The van der Waals surface area contributed by atoms with E-state index in [1.54, 1.807) is 4.90 Å². The lowest BCUT2D eigenvalue weighted by molar-refractivity contribution is -0.176. The summed E-state index contributed by atoms with van der Waals surface area (Å²) >= 11 is 0. The van der Waals surface area contributed by atoms with E-state index in [0.29, 0.717) is 18.9 Å². The topological polar surface area (TPSA) is 98.2 Å². The van der Waals surface area contributed by atoms with Gasteiger partial charge in [0.15, 0.2) is 5.82 Å². The van der Waals surface area contributed by atoms with Crippen LogP contribution in [0.15, 0.2) is 30.3 Å². The van der Waals surface area contributed by atoms with Gasteiger partial charge >= 0.3 is 6.09 Å². The number of rotatable bonds is 3. The fourth-order valence-electron chi connectivity index (χ4n) is 4.66. The Hall–Kier alpha value is -2.48. The fraction of sp³-hybridized carbons (Fsp3) is 0.556. The number of carboxylic acid groups (broad SMARTS) is 1. The molecule has 2 bridgehead atoms. The number of benzene rings is 1. The Morgan fingerprint density at radius 2 is 2.08 bits per heavy atom. The number of carbonyl (C=O) groups is 1. The molecule has 2 aromatic rings. The molecule has 5 rings (SSSR count). The number of hydrogen-bond donors (Lipinski definition) is 2. The van der Waals surface area contributed by atoms with Gasteiger partial charge in [0, 0.05) is 13.1 Å². The molecule has 8 nitrogen and oxygen atoms in total. The van der Waals surface area contributed by atoms with Gasteiger partial charge in [-0.1, -0.05) is 56.3 Å². The molecule has 1 amide bonds. The third-order valence-corrected chi connectivity index (χ3v) is 6.00. The molecular weight excluding hydrogens is 332 g/mol. The second kappa shape index (κ2) is 5.77. The number of H-pyrrole nitrogens is 1. The summed E-state index contributed by atoms with van der Waals surface area (Å²) in [6.45, 7) is 7.67. The summed E-state index contributed by atoms with van der Waals surface area (Å²) in [5, 5.41) is 24.5. The van der Waals surface area contributed by atoms with Crippen molar-refractivity contribution in [1.29, 1.82) is 0 Å². The molecule has 3 saturated heterocycles. The lowest BCUT2D eigenvalue weighted by atomic mass is 9.60. The molecule has 1 aromatic heterocycles. The summed E-state index contributed by atoms with van der Waals surface area (Å²) in [5.41, 5.74) is 0.513. The van der Waals surface area contributed by atoms with E-state index in [9.17, 15) is 9.90 Å². The summed E-state index contributed by atoms with van der Waals surface area (Å²) in [6, 6.07) is 9.94. The maximum atomic E-state index is 11.9. The van der Waals surface area contributed by atoms with Crippen LogP contribution in [-0.4, -0.2) is 66.3 Å². The van der Waals surface area contributed by atoms with E-state index in [2.05, 4.69) is 58.4 Å². The minimum Gasteiger partial charge on any atom is -0.465 e. The van der Waals surface area contributed by atoms with E-state index in [4.69, 9.17) is 0 Å². The number of nitrogens with one attached hydrogen (secondary N) is 1. The number of aromatic amines is 1. The lowest BCUT2D eigenvalue weighted by Gasteiger charge is -2.68. The highest BCUT2D eigenvalue weighted by Gasteiger charge is 2.64. The maximum Gasteiger partial charge on any atom is 0.408 e. The van der Waals surface area contributed by atoms with Gasteiger partial charge in [0.2, 0.25) is 0 Å². The molecule has 0 spiro atoms. The smallest absolute Gasteiger partial charge is 0.408 e. The predicted molar refractivity (Wildman–Crippen MR) is 94.5 cm³/mol. The number of amides is 1. The second-order valence-corrected chi connectivity index (χ2v) is 8.30. The number of fused-ring (bicyclic) bond motifs is 2. The Morgan fingerprint density at radius 1 is 1.35 bits per heavy atom. The van der Waals surface area contributed by atoms with Crippen LogP contribution in [-0.2, 0) is 0 Å². The van der Waals surface area contributed by atoms with Crippen molar-refractivity contribution < 1.29 is 9.90 Å². The molecule has 8 heteroatoms. The number of aromatic nitrogens is 4. The van der Waals surface area contributed by atoms with E-state index in [1.807, 2.05) is 18.2 Å². The van der Waals surface area contributed by atoms with Crippen LogP contribution < -0.4 is 0 Å². The Morgan fingerprint density at radius 3 is 2.65 bits per heavy atom. The minimum atomic E-state index is -0.827. The largest absolute Gasteiger partial charge is 0.465 e. The second-order valence-electron chi connectivity index (χ2n) is 8.30. The van der Waals surface area contributed by atoms with Crippen LogP contribution in [0, 0.1) is 5.41 Å². The molecule has 3 fully saturated rings. The van der Waals surface area contributed by atoms with E-state index in [-0.39, 0.29) is 17.5 Å². The normalized spacial score (nSPS) is 27.0. The third-order valence-electron chi connectivity index (χ3n) is 6.00. The molecule has 3 unspecified atom stereocenters. The molecule has 3 aliphatic rings. The third kappa shape index (κ3) is 2.39. The van der Waals surface area contributed by atoms with Gasteiger partial charge in [-0.2, -0.15) is 5.21 Å². The van der Waals surface area contributed by atoms with Crippen LogP contribution >= 0.6 is 0 Å². The summed E-state index contributed by atoms with van der Waals surface area (Å²) in [6.07, 6.45) is 0.0687. The summed E-state index contributed by atoms with van der Waals surface area (Å²) in [5.74, 6) is 0.614. The Labute approximate surface area is 152 Å². The van der Waals surface area contributed by atoms with Crippen LogP contribution in [0.3, 0.4) is 0 Å². The van der Waals surface area contributed by atoms with E-state index in [0.717, 1.165) is 12.0 Å². The molecule has 1 aromatic carbocycles. The van der Waals surface area contributed by atoms with Crippen molar-refractivity contribution in [2.24, 2.45) is 5.41 Å². The predicted octanol–water partition coefficient (Wildman–Crippen LogP) is 2.14. The van der Waals surface area contributed by atoms with Crippen molar-refractivity contribution in [3.63, 3.8) is 0 Å². The highest BCUT2D eigenvalue weighted by molar-refractivity contribution is 5.69. The zero-order chi connectivity index (χ0) is 18.5. The van der Waals surface area contributed by atoms with Gasteiger partial charge in [-0.05, 0) is 17.4 Å². The van der Waals surface area contributed by atoms with Gasteiger partial charge in [0.1, 0.15) is 0 Å². The molecule has 0 aliphatic carbocycles. The van der Waals surface area contributed by atoms with Crippen LogP contribution in [0.2, 0.25) is 0 Å². The standard InChI is InChI=1S/C18H24N6O2/c1-17(2,3)18-9-13(24(18)16(25)26)10-23(11-18)14(15-19-21-22-20-15)12-7-5-4-6-8-12/h4-8,13-14H,9-11H2,1-3H3,(H,25,26)(H,19,20,21,22). The Kier molecular flexibility index (Phi) is 3.76. The zero-order valence-electron chi connectivity index (χ0n) is 15.3. The molecule has 3 aliphatic heterocycles. The molecular formula is C18H24N6O2. The molecule has 2 N–H and O–H groups in total. The molecule has 0 saturated carbocycles. The molecule has 0 radical (unpaired) electrons. The highest BCUT2D eigenvalue weighted by Crippen LogP contribution is 2.53. The van der Waals surface area contributed by atoms with Crippen LogP contribution in [0.1, 0.15) is 44.6 Å². The maximum absolute atomic E-state index is 11.9. The van der Waals surface area contributed by atoms with Crippen LogP contribution in [0.5, 0.6) is 0 Å². The Balaban J connectivity index is 1.72. The quantitative estimate of drug-likeness (QED) is 0.874. The lowest BCUT2D eigenvalue weighted by Crippen LogP contribution is -2.81. The van der Waals surface area contributed by atoms with Crippen molar-refractivity contribution in [3.8, 4) is 0 Å². The highest BCUT2D eigenvalue weighted by atomic mass is 16.4. The van der Waals surface area contributed by atoms with Crippen molar-refractivity contribution in [2.75, 3.05) is 13.1 Å². The van der Waals surface area contributed by atoms with Gasteiger partial charge in [-0.25, -0.2) is 4.79 Å². The van der Waals surface area contributed by atoms with E-state index < -0.39 is 11.6 Å². The average molecular weight is 356 g/mol. The van der Waals surface area contributed by atoms with Crippen LogP contribution in [0.4, 0.5) is 4.79 Å². The number of piperazine rings is 1. The summed E-state index contributed by atoms with van der Waals surface area (Å²) < 4.78 is 0. The van der Waals surface area contributed by atoms with Crippen molar-refractivity contribution >= 4 is 6.09 Å². The van der Waals surface area contributed by atoms with Gasteiger partial charge < -0.3 is 5.11 Å². The van der Waals surface area contributed by atoms with Gasteiger partial charge in [-0.3, -0.25) is 9.80 Å². The minimum absolute atomic E-state index is 0.00131. The summed E-state index contributed by atoms with van der Waals surface area (Å²) in [7, 11) is 0. The molecule has 4 heterocycles. The first-order chi connectivity index (χ1) is 12.3.